The third kappa shape index (κ3) is 1.78. The zero-order valence-corrected chi connectivity index (χ0v) is 14.2. The van der Waals surface area contributed by atoms with Gasteiger partial charge in [0.15, 0.2) is 5.78 Å². The van der Waals surface area contributed by atoms with Gasteiger partial charge in [-0.25, -0.2) is 19.2 Å². The van der Waals surface area contributed by atoms with E-state index in [2.05, 4.69) is 0 Å². The van der Waals surface area contributed by atoms with Crippen LogP contribution in [0.5, 0.6) is 0 Å². The van der Waals surface area contributed by atoms with Crippen LogP contribution in [0, 0.1) is 13.8 Å². The van der Waals surface area contributed by atoms with Crippen molar-refractivity contribution in [1.29, 1.82) is 0 Å². The summed E-state index contributed by atoms with van der Waals surface area (Å²) in [6.45, 7) is 3.36. The molecule has 27 heavy (non-hydrogen) atoms. The minimum absolute atomic E-state index is 0.0487. The molecular weight excluding hydrogens is 352 g/mol. The maximum Gasteiger partial charge on any atom is 0.347 e. The highest BCUT2D eigenvalue weighted by Gasteiger charge is 2.42. The molecule has 0 radical (unpaired) electrons. The van der Waals surface area contributed by atoms with Crippen molar-refractivity contribution in [2.24, 2.45) is 0 Å². The fourth-order valence-corrected chi connectivity index (χ4v) is 4.23. The number of carbonyl (C=O) groups excluding carboxylic acids is 5. The molecule has 0 spiro atoms. The number of carbonyl (C=O) groups is 5. The second-order valence-corrected chi connectivity index (χ2v) is 6.80. The lowest BCUT2D eigenvalue weighted by molar-refractivity contribution is 0.0426. The number of hydrogen-bond acceptors (Lipinski definition) is 7. The van der Waals surface area contributed by atoms with Gasteiger partial charge in [0.2, 0.25) is 0 Å². The molecule has 0 unspecified atom stereocenters. The van der Waals surface area contributed by atoms with Crippen molar-refractivity contribution >= 4 is 29.7 Å². The van der Waals surface area contributed by atoms with E-state index < -0.39 is 23.9 Å². The molecule has 3 aliphatic rings. The number of cyclic esters (lactones) is 4. The molecule has 0 bridgehead atoms. The zero-order chi connectivity index (χ0) is 19.2. The number of fused-ring (bicyclic) bond motifs is 6. The monoisotopic (exact) mass is 362 g/mol. The third-order valence-electron chi connectivity index (χ3n) is 5.28. The molecule has 1 aliphatic carbocycles. The first-order chi connectivity index (χ1) is 12.8. The van der Waals surface area contributed by atoms with Crippen molar-refractivity contribution in [3.63, 3.8) is 0 Å². The molecule has 0 saturated heterocycles. The van der Waals surface area contributed by atoms with Crippen LogP contribution in [-0.2, 0) is 15.9 Å². The van der Waals surface area contributed by atoms with Crippen LogP contribution < -0.4 is 0 Å². The average molecular weight is 362 g/mol. The third-order valence-corrected chi connectivity index (χ3v) is 5.28. The number of benzene rings is 2. The Morgan fingerprint density at radius 1 is 0.630 bits per heavy atom. The summed E-state index contributed by atoms with van der Waals surface area (Å²) in [4.78, 5) is 61.5. The maximum absolute atomic E-state index is 13.3. The van der Waals surface area contributed by atoms with Gasteiger partial charge in [0.25, 0.3) is 0 Å². The normalized spacial score (nSPS) is 16.6. The molecule has 0 atom stereocenters. The number of aryl methyl sites for hydroxylation is 2. The van der Waals surface area contributed by atoms with E-state index in [4.69, 9.17) is 9.47 Å². The van der Waals surface area contributed by atoms with Gasteiger partial charge in [-0.3, -0.25) is 4.79 Å². The van der Waals surface area contributed by atoms with Gasteiger partial charge in [0.1, 0.15) is 0 Å². The Labute approximate surface area is 151 Å². The molecule has 0 amide bonds. The minimum atomic E-state index is -0.814. The van der Waals surface area contributed by atoms with Gasteiger partial charge < -0.3 is 9.47 Å². The SMILES string of the molecule is Cc1cc2c(c3c1C(=O)c1c(C)cc4c(c1C3)C(=O)OC4=O)C(=O)OC2=O. The van der Waals surface area contributed by atoms with Gasteiger partial charge in [-0.05, 0) is 48.2 Å². The van der Waals surface area contributed by atoms with Crippen molar-refractivity contribution in [2.75, 3.05) is 0 Å². The van der Waals surface area contributed by atoms with E-state index in [9.17, 15) is 24.0 Å². The summed E-state index contributed by atoms with van der Waals surface area (Å²) < 4.78 is 9.39. The predicted octanol–water partition coefficient (Wildman–Crippen LogP) is 2.06. The van der Waals surface area contributed by atoms with Gasteiger partial charge >= 0.3 is 23.9 Å². The van der Waals surface area contributed by atoms with Crippen LogP contribution in [0.3, 0.4) is 0 Å². The first-order valence-electron chi connectivity index (χ1n) is 8.20. The van der Waals surface area contributed by atoms with Crippen molar-refractivity contribution in [1.82, 2.24) is 0 Å². The minimum Gasteiger partial charge on any atom is -0.386 e. The molecule has 7 heteroatoms. The average Bonchev–Trinajstić information content (AvgIpc) is 3.03. The van der Waals surface area contributed by atoms with Crippen molar-refractivity contribution in [3.8, 4) is 0 Å². The Bertz CT molecular complexity index is 1110. The molecule has 2 heterocycles. The summed E-state index contributed by atoms with van der Waals surface area (Å²) in [5, 5.41) is 0. The van der Waals surface area contributed by atoms with Crippen LogP contribution in [-0.4, -0.2) is 29.7 Å². The lowest BCUT2D eigenvalue weighted by atomic mass is 9.76. The lowest BCUT2D eigenvalue weighted by Gasteiger charge is -2.24. The van der Waals surface area contributed by atoms with E-state index in [1.807, 2.05) is 0 Å². The highest BCUT2D eigenvalue weighted by atomic mass is 16.6. The summed E-state index contributed by atoms with van der Waals surface area (Å²) in [6.07, 6.45) is 0.0508. The predicted molar refractivity (Wildman–Crippen MR) is 88.1 cm³/mol. The largest absolute Gasteiger partial charge is 0.386 e. The molecular formula is C20H10O7. The first-order valence-corrected chi connectivity index (χ1v) is 8.20. The van der Waals surface area contributed by atoms with Crippen molar-refractivity contribution in [3.05, 3.63) is 67.8 Å². The summed E-state index contributed by atoms with van der Waals surface area (Å²) in [7, 11) is 0. The molecule has 7 nitrogen and oxygen atoms in total. The van der Waals surface area contributed by atoms with Crippen molar-refractivity contribution < 1.29 is 33.4 Å². The molecule has 0 N–H and O–H groups in total. The second-order valence-electron chi connectivity index (χ2n) is 6.80. The molecule has 0 saturated carbocycles. The summed E-state index contributed by atoms with van der Waals surface area (Å²) >= 11 is 0. The lowest BCUT2D eigenvalue weighted by Crippen LogP contribution is -2.23. The number of ketones is 1. The van der Waals surface area contributed by atoms with Crippen molar-refractivity contribution in [2.45, 2.75) is 20.3 Å². The molecule has 2 aliphatic heterocycles. The quantitative estimate of drug-likeness (QED) is 0.445. The van der Waals surface area contributed by atoms with E-state index >= 15 is 0 Å². The van der Waals surface area contributed by atoms with E-state index in [-0.39, 0.29) is 34.5 Å². The Hall–Kier alpha value is -3.61. The van der Waals surface area contributed by atoms with Crippen LogP contribution in [0.4, 0.5) is 0 Å². The standard InChI is InChI=1S/C20H10O7/c1-6-3-10-14(19(24)26-17(10)22)8-5-9-13(16(21)12(6)8)7(2)4-11-15(9)20(25)27-18(11)23/h3-4H,5H2,1-2H3. The Kier molecular flexibility index (Phi) is 2.76. The molecule has 2 aromatic carbocycles. The van der Waals surface area contributed by atoms with Gasteiger partial charge in [0.05, 0.1) is 22.3 Å². The summed E-state index contributed by atoms with van der Waals surface area (Å²) in [5.41, 5.74) is 2.75. The van der Waals surface area contributed by atoms with Gasteiger partial charge in [-0.2, -0.15) is 0 Å². The van der Waals surface area contributed by atoms with Crippen LogP contribution in [0.25, 0.3) is 0 Å². The van der Waals surface area contributed by atoms with Crippen LogP contribution >= 0.6 is 0 Å². The first kappa shape index (κ1) is 15.6. The summed E-state index contributed by atoms with van der Waals surface area (Å²) in [6, 6.07) is 2.95. The fraction of sp³-hybridized carbons (Fsp3) is 0.150. The molecule has 5 rings (SSSR count). The van der Waals surface area contributed by atoms with Crippen LogP contribution in [0.15, 0.2) is 12.1 Å². The highest BCUT2D eigenvalue weighted by molar-refractivity contribution is 6.23. The van der Waals surface area contributed by atoms with E-state index in [1.165, 1.54) is 12.1 Å². The topological polar surface area (TPSA) is 104 Å². The van der Waals surface area contributed by atoms with E-state index in [1.54, 1.807) is 13.8 Å². The van der Waals surface area contributed by atoms with E-state index in [0.29, 0.717) is 33.4 Å². The Morgan fingerprint density at radius 2 is 1.04 bits per heavy atom. The molecule has 132 valence electrons. The number of ether oxygens (including phenoxy) is 2. The van der Waals surface area contributed by atoms with Crippen LogP contribution in [0.2, 0.25) is 0 Å². The number of esters is 4. The van der Waals surface area contributed by atoms with Gasteiger partial charge in [0, 0.05) is 17.5 Å². The van der Waals surface area contributed by atoms with Gasteiger partial charge in [-0.15, -0.1) is 0 Å². The van der Waals surface area contributed by atoms with E-state index in [0.717, 1.165) is 0 Å². The number of rotatable bonds is 0. The molecule has 0 fully saturated rings. The zero-order valence-electron chi connectivity index (χ0n) is 14.2. The van der Waals surface area contributed by atoms with Gasteiger partial charge in [-0.1, -0.05) is 0 Å². The number of hydrogen-bond donors (Lipinski definition) is 0. The molecule has 2 aromatic rings. The molecule has 0 aromatic heterocycles. The Morgan fingerprint density at radius 3 is 1.44 bits per heavy atom. The fourth-order valence-electron chi connectivity index (χ4n) is 4.23. The maximum atomic E-state index is 13.3. The summed E-state index contributed by atoms with van der Waals surface area (Å²) in [5.74, 6) is -3.51. The highest BCUT2D eigenvalue weighted by Crippen LogP contribution is 2.40. The second kappa shape index (κ2) is 4.76. The Balaban J connectivity index is 1.87. The smallest absolute Gasteiger partial charge is 0.347 e. The van der Waals surface area contributed by atoms with Crippen LogP contribution in [0.1, 0.15) is 79.6 Å².